The van der Waals surface area contributed by atoms with Gasteiger partial charge in [-0.05, 0) is 31.7 Å². The van der Waals surface area contributed by atoms with Crippen LogP contribution in [0.4, 0.5) is 4.39 Å². The van der Waals surface area contributed by atoms with Crippen LogP contribution in [0.3, 0.4) is 0 Å². The zero-order chi connectivity index (χ0) is 14.0. The van der Waals surface area contributed by atoms with Crippen LogP contribution in [0.5, 0.6) is 0 Å². The molecule has 4 nitrogen and oxygen atoms in total. The smallest absolute Gasteiger partial charge is 0.185 e. The molecule has 0 aliphatic carbocycles. The molecule has 0 aromatic heterocycles. The largest absolute Gasteiger partial charge is 0.380 e. The summed E-state index contributed by atoms with van der Waals surface area (Å²) in [5.74, 6) is -0.634. The van der Waals surface area contributed by atoms with E-state index in [1.807, 2.05) is 0 Å². The maximum Gasteiger partial charge on any atom is 0.185 e. The van der Waals surface area contributed by atoms with Crippen molar-refractivity contribution in [2.75, 3.05) is 20.3 Å². The van der Waals surface area contributed by atoms with Gasteiger partial charge < -0.3 is 10.1 Å². The molecule has 19 heavy (non-hydrogen) atoms. The van der Waals surface area contributed by atoms with Gasteiger partial charge in [0.25, 0.3) is 0 Å². The molecule has 2 unspecified atom stereocenters. The summed E-state index contributed by atoms with van der Waals surface area (Å²) in [5, 5.41) is 2.11. The number of hydrogen-bond donors (Lipinski definition) is 1. The van der Waals surface area contributed by atoms with E-state index in [9.17, 15) is 12.8 Å². The van der Waals surface area contributed by atoms with Crippen LogP contribution in [0, 0.1) is 5.82 Å². The van der Waals surface area contributed by atoms with Gasteiger partial charge in [0.2, 0.25) is 0 Å². The van der Waals surface area contributed by atoms with Gasteiger partial charge in [0.15, 0.2) is 9.84 Å². The first-order valence-corrected chi connectivity index (χ1v) is 7.83. The summed E-state index contributed by atoms with van der Waals surface area (Å²) in [5.41, 5.74) is 0. The Balaban J connectivity index is 2.37. The van der Waals surface area contributed by atoms with E-state index in [0.717, 1.165) is 12.1 Å². The number of benzene rings is 1. The standard InChI is InChI=1S/C12H15ClFNO3S/c1-15-11-4-5-18-7-12(11)19(16,17)8-2-3-10(14)9(13)6-8/h2-3,6,11-12,15H,4-5,7H2,1H3. The molecule has 106 valence electrons. The first-order chi connectivity index (χ1) is 8.96. The van der Waals surface area contributed by atoms with Crippen LogP contribution in [-0.2, 0) is 14.6 Å². The first kappa shape index (κ1) is 14.7. The summed E-state index contributed by atoms with van der Waals surface area (Å²) in [6, 6.07) is 3.26. The third-order valence-corrected chi connectivity index (χ3v) is 5.76. The Morgan fingerprint density at radius 2 is 2.21 bits per heavy atom. The van der Waals surface area contributed by atoms with E-state index in [0.29, 0.717) is 13.0 Å². The minimum absolute atomic E-state index is 0.0228. The molecule has 2 atom stereocenters. The van der Waals surface area contributed by atoms with Crippen molar-refractivity contribution >= 4 is 21.4 Å². The topological polar surface area (TPSA) is 55.4 Å². The molecule has 1 saturated heterocycles. The zero-order valence-electron chi connectivity index (χ0n) is 10.4. The molecule has 1 aliphatic rings. The average molecular weight is 308 g/mol. The maximum absolute atomic E-state index is 13.1. The van der Waals surface area contributed by atoms with Gasteiger partial charge in [-0.2, -0.15) is 0 Å². The van der Waals surface area contributed by atoms with Crippen molar-refractivity contribution in [3.05, 3.63) is 29.0 Å². The van der Waals surface area contributed by atoms with Crippen LogP contribution in [0.25, 0.3) is 0 Å². The van der Waals surface area contributed by atoms with Crippen LogP contribution >= 0.6 is 11.6 Å². The van der Waals surface area contributed by atoms with E-state index >= 15 is 0 Å². The highest BCUT2D eigenvalue weighted by Crippen LogP contribution is 2.26. The quantitative estimate of drug-likeness (QED) is 0.862. The van der Waals surface area contributed by atoms with E-state index < -0.39 is 20.9 Å². The van der Waals surface area contributed by atoms with Crippen LogP contribution < -0.4 is 5.32 Å². The van der Waals surface area contributed by atoms with Gasteiger partial charge in [-0.1, -0.05) is 11.6 Å². The molecule has 1 aliphatic heterocycles. The molecule has 0 amide bonds. The Kier molecular flexibility index (Phi) is 4.45. The highest BCUT2D eigenvalue weighted by Gasteiger charge is 2.36. The second kappa shape index (κ2) is 5.75. The Bertz CT molecular complexity index is 564. The molecule has 2 rings (SSSR count). The molecule has 7 heteroatoms. The van der Waals surface area contributed by atoms with Crippen molar-refractivity contribution in [1.29, 1.82) is 0 Å². The average Bonchev–Trinajstić information content (AvgIpc) is 2.41. The minimum atomic E-state index is -3.60. The number of halogens is 2. The van der Waals surface area contributed by atoms with E-state index in [-0.39, 0.29) is 22.6 Å². The monoisotopic (exact) mass is 307 g/mol. The molecule has 0 radical (unpaired) electrons. The molecule has 0 bridgehead atoms. The summed E-state index contributed by atoms with van der Waals surface area (Å²) in [7, 11) is -1.88. The lowest BCUT2D eigenvalue weighted by Gasteiger charge is -2.30. The van der Waals surface area contributed by atoms with Crippen molar-refractivity contribution in [2.45, 2.75) is 22.6 Å². The normalized spacial score (nSPS) is 24.4. The molecular weight excluding hydrogens is 293 g/mol. The van der Waals surface area contributed by atoms with Crippen LogP contribution in [0.15, 0.2) is 23.1 Å². The fraction of sp³-hybridized carbons (Fsp3) is 0.500. The van der Waals surface area contributed by atoms with Crippen molar-refractivity contribution in [3.8, 4) is 0 Å². The maximum atomic E-state index is 13.1. The second-order valence-electron chi connectivity index (χ2n) is 4.42. The van der Waals surface area contributed by atoms with Crippen molar-refractivity contribution < 1.29 is 17.5 Å². The number of sulfone groups is 1. The molecule has 1 heterocycles. The van der Waals surface area contributed by atoms with Gasteiger partial charge in [-0.3, -0.25) is 0 Å². The Hall–Kier alpha value is -0.690. The molecule has 0 spiro atoms. The molecule has 1 aromatic rings. The molecule has 1 aromatic carbocycles. The fourth-order valence-electron chi connectivity index (χ4n) is 2.18. The van der Waals surface area contributed by atoms with Gasteiger partial charge in [-0.25, -0.2) is 12.8 Å². The van der Waals surface area contributed by atoms with Crippen LogP contribution in [0.2, 0.25) is 5.02 Å². The van der Waals surface area contributed by atoms with Crippen LogP contribution in [0.1, 0.15) is 6.42 Å². The number of ether oxygens (including phenoxy) is 1. The minimum Gasteiger partial charge on any atom is -0.380 e. The van der Waals surface area contributed by atoms with Crippen molar-refractivity contribution in [1.82, 2.24) is 5.32 Å². The van der Waals surface area contributed by atoms with Gasteiger partial charge >= 0.3 is 0 Å². The Morgan fingerprint density at radius 3 is 2.84 bits per heavy atom. The van der Waals surface area contributed by atoms with Gasteiger partial charge in [0.05, 0.1) is 16.5 Å². The predicted molar refractivity (Wildman–Crippen MR) is 70.7 cm³/mol. The lowest BCUT2D eigenvalue weighted by molar-refractivity contribution is 0.0825. The summed E-state index contributed by atoms with van der Waals surface area (Å²) in [4.78, 5) is 0.0228. The van der Waals surface area contributed by atoms with E-state index in [1.165, 1.54) is 6.07 Å². The summed E-state index contributed by atoms with van der Waals surface area (Å²) in [6.45, 7) is 0.657. The van der Waals surface area contributed by atoms with E-state index in [1.54, 1.807) is 7.05 Å². The third-order valence-electron chi connectivity index (χ3n) is 3.29. The van der Waals surface area contributed by atoms with Crippen LogP contribution in [-0.4, -0.2) is 40.0 Å². The van der Waals surface area contributed by atoms with E-state index in [4.69, 9.17) is 16.3 Å². The van der Waals surface area contributed by atoms with Gasteiger partial charge in [0, 0.05) is 12.6 Å². The summed E-state index contributed by atoms with van der Waals surface area (Å²) in [6.07, 6.45) is 0.620. The molecule has 1 N–H and O–H groups in total. The summed E-state index contributed by atoms with van der Waals surface area (Å²) >= 11 is 5.64. The molecular formula is C12H15ClFNO3S. The SMILES string of the molecule is CNC1CCOCC1S(=O)(=O)c1ccc(F)c(Cl)c1. The predicted octanol–water partition coefficient (Wildman–Crippen LogP) is 1.63. The zero-order valence-corrected chi connectivity index (χ0v) is 12.0. The Morgan fingerprint density at radius 1 is 1.47 bits per heavy atom. The Labute approximate surface area is 116 Å². The number of nitrogens with one attached hydrogen (secondary N) is 1. The van der Waals surface area contributed by atoms with Gasteiger partial charge in [-0.15, -0.1) is 0 Å². The molecule has 0 saturated carbocycles. The van der Waals surface area contributed by atoms with Crippen molar-refractivity contribution in [3.63, 3.8) is 0 Å². The second-order valence-corrected chi connectivity index (χ2v) is 6.99. The van der Waals surface area contributed by atoms with E-state index in [2.05, 4.69) is 5.32 Å². The van der Waals surface area contributed by atoms with Gasteiger partial charge in [0.1, 0.15) is 11.1 Å². The fourth-order valence-corrected chi connectivity index (χ4v) is 4.29. The number of rotatable bonds is 3. The lowest BCUT2D eigenvalue weighted by Crippen LogP contribution is -2.49. The molecule has 1 fully saturated rings. The highest BCUT2D eigenvalue weighted by molar-refractivity contribution is 7.92. The number of hydrogen-bond acceptors (Lipinski definition) is 4. The van der Waals surface area contributed by atoms with Crippen molar-refractivity contribution in [2.24, 2.45) is 0 Å². The lowest BCUT2D eigenvalue weighted by atomic mass is 10.1. The summed E-state index contributed by atoms with van der Waals surface area (Å²) < 4.78 is 43.4. The third kappa shape index (κ3) is 2.91. The first-order valence-electron chi connectivity index (χ1n) is 5.91. The highest BCUT2D eigenvalue weighted by atomic mass is 35.5.